The summed E-state index contributed by atoms with van der Waals surface area (Å²) in [5, 5.41) is 0. The van der Waals surface area contributed by atoms with E-state index in [1.54, 1.807) is 0 Å². The monoisotopic (exact) mass is 281 g/mol. The molecule has 0 aliphatic rings. The van der Waals surface area contributed by atoms with Crippen molar-refractivity contribution in [2.75, 3.05) is 6.26 Å². The highest BCUT2D eigenvalue weighted by molar-refractivity contribution is 7.90. The fraction of sp³-hybridized carbons (Fsp3) is 0.222. The Kier molecular flexibility index (Phi) is 3.78. The molecule has 0 aromatic heterocycles. The minimum Gasteiger partial charge on any atom is -0.404 e. The maximum absolute atomic E-state index is 12.1. The molecule has 0 bridgehead atoms. The van der Waals surface area contributed by atoms with Crippen LogP contribution in [0.2, 0.25) is 0 Å². The highest BCUT2D eigenvalue weighted by Gasteiger charge is 2.33. The summed E-state index contributed by atoms with van der Waals surface area (Å²) in [4.78, 5) is 12.4. The number of hydrogen-bond acceptors (Lipinski definition) is 5. The Morgan fingerprint density at radius 3 is 2.39 bits per heavy atom. The SMILES string of the molecule is CS(=O)(=O)c1ccc(N=C=O)cc1OC(F)(F)F. The van der Waals surface area contributed by atoms with Crippen LogP contribution in [0.5, 0.6) is 5.75 Å². The zero-order chi connectivity index (χ0) is 14.0. The van der Waals surface area contributed by atoms with Gasteiger partial charge >= 0.3 is 6.36 Å². The number of halogens is 3. The van der Waals surface area contributed by atoms with Gasteiger partial charge in [0, 0.05) is 12.3 Å². The molecule has 0 saturated heterocycles. The quantitative estimate of drug-likeness (QED) is 0.627. The molecule has 0 aliphatic carbocycles. The van der Waals surface area contributed by atoms with Gasteiger partial charge in [0.15, 0.2) is 9.84 Å². The van der Waals surface area contributed by atoms with Crippen LogP contribution in [0.25, 0.3) is 0 Å². The molecule has 0 fully saturated rings. The van der Waals surface area contributed by atoms with E-state index in [2.05, 4.69) is 9.73 Å². The minimum absolute atomic E-state index is 0.198. The van der Waals surface area contributed by atoms with Crippen molar-refractivity contribution < 1.29 is 31.1 Å². The number of carbonyl (C=O) groups excluding carboxylic acids is 1. The molecule has 0 N–H and O–H groups in total. The number of isocyanates is 1. The highest BCUT2D eigenvalue weighted by Crippen LogP contribution is 2.32. The lowest BCUT2D eigenvalue weighted by Crippen LogP contribution is -2.18. The largest absolute Gasteiger partial charge is 0.573 e. The second-order valence-corrected chi connectivity index (χ2v) is 5.14. The zero-order valence-corrected chi connectivity index (χ0v) is 9.67. The van der Waals surface area contributed by atoms with E-state index in [0.29, 0.717) is 6.07 Å². The summed E-state index contributed by atoms with van der Waals surface area (Å²) in [6.07, 6.45) is -3.20. The topological polar surface area (TPSA) is 72.8 Å². The van der Waals surface area contributed by atoms with Crippen LogP contribution in [-0.2, 0) is 14.6 Å². The number of hydrogen-bond donors (Lipinski definition) is 0. The number of sulfone groups is 1. The van der Waals surface area contributed by atoms with Gasteiger partial charge in [0.2, 0.25) is 6.08 Å². The van der Waals surface area contributed by atoms with Crippen molar-refractivity contribution in [3.63, 3.8) is 0 Å². The summed E-state index contributed by atoms with van der Waals surface area (Å²) in [5.74, 6) is -0.943. The van der Waals surface area contributed by atoms with Crippen LogP contribution in [0.15, 0.2) is 28.1 Å². The molecule has 1 rings (SSSR count). The maximum atomic E-state index is 12.1. The van der Waals surface area contributed by atoms with Crippen LogP contribution in [0.1, 0.15) is 0 Å². The van der Waals surface area contributed by atoms with Crippen molar-refractivity contribution in [1.82, 2.24) is 0 Å². The number of nitrogens with zero attached hydrogens (tertiary/aromatic N) is 1. The van der Waals surface area contributed by atoms with Crippen LogP contribution in [0, 0.1) is 0 Å². The number of rotatable bonds is 3. The standard InChI is InChI=1S/C9H6F3NO4S/c1-18(15,16)8-3-2-6(13-5-14)4-7(8)17-9(10,11)12/h2-4H,1H3. The van der Waals surface area contributed by atoms with Crippen molar-refractivity contribution in [2.45, 2.75) is 11.3 Å². The molecule has 0 radical (unpaired) electrons. The molecule has 5 nitrogen and oxygen atoms in total. The number of aliphatic imine (C=N–C) groups is 1. The molecule has 0 spiro atoms. The third-order valence-electron chi connectivity index (χ3n) is 1.73. The third kappa shape index (κ3) is 3.86. The molecule has 0 aliphatic heterocycles. The summed E-state index contributed by atoms with van der Waals surface area (Å²) in [7, 11) is -3.90. The normalized spacial score (nSPS) is 11.8. The van der Waals surface area contributed by atoms with Crippen LogP contribution >= 0.6 is 0 Å². The van der Waals surface area contributed by atoms with Gasteiger partial charge in [0.05, 0.1) is 5.69 Å². The number of ether oxygens (including phenoxy) is 1. The van der Waals surface area contributed by atoms with E-state index in [-0.39, 0.29) is 5.69 Å². The fourth-order valence-corrected chi connectivity index (χ4v) is 1.91. The van der Waals surface area contributed by atoms with Crippen LogP contribution in [0.3, 0.4) is 0 Å². The average Bonchev–Trinajstić information content (AvgIpc) is 2.13. The minimum atomic E-state index is -5.05. The summed E-state index contributed by atoms with van der Waals surface area (Å²) in [5.41, 5.74) is -0.198. The maximum Gasteiger partial charge on any atom is 0.573 e. The van der Waals surface area contributed by atoms with E-state index in [0.717, 1.165) is 24.5 Å². The van der Waals surface area contributed by atoms with E-state index in [1.165, 1.54) is 0 Å². The van der Waals surface area contributed by atoms with Crippen molar-refractivity contribution >= 4 is 21.6 Å². The third-order valence-corrected chi connectivity index (χ3v) is 2.86. The lowest BCUT2D eigenvalue weighted by Gasteiger charge is -2.12. The number of alkyl halides is 3. The van der Waals surface area contributed by atoms with E-state index >= 15 is 0 Å². The van der Waals surface area contributed by atoms with Gasteiger partial charge < -0.3 is 4.74 Å². The van der Waals surface area contributed by atoms with Gasteiger partial charge in [-0.05, 0) is 12.1 Å². The average molecular weight is 281 g/mol. The van der Waals surface area contributed by atoms with Gasteiger partial charge in [-0.25, -0.2) is 13.2 Å². The van der Waals surface area contributed by atoms with Crippen LogP contribution in [0.4, 0.5) is 18.9 Å². The summed E-state index contributed by atoms with van der Waals surface area (Å²) < 4.78 is 62.4. The summed E-state index contributed by atoms with van der Waals surface area (Å²) in [6, 6.07) is 2.62. The summed E-state index contributed by atoms with van der Waals surface area (Å²) >= 11 is 0. The lowest BCUT2D eigenvalue weighted by atomic mass is 10.3. The zero-order valence-electron chi connectivity index (χ0n) is 8.85. The first-order chi connectivity index (χ1) is 8.13. The van der Waals surface area contributed by atoms with Gasteiger partial charge in [-0.1, -0.05) is 0 Å². The molecule has 0 unspecified atom stereocenters. The van der Waals surface area contributed by atoms with Gasteiger partial charge in [0.1, 0.15) is 10.6 Å². The second-order valence-electron chi connectivity index (χ2n) is 3.15. The van der Waals surface area contributed by atoms with Gasteiger partial charge in [-0.3, -0.25) is 0 Å². The van der Waals surface area contributed by atoms with Gasteiger partial charge in [0.25, 0.3) is 0 Å². The predicted octanol–water partition coefficient (Wildman–Crippen LogP) is 1.96. The Hall–Kier alpha value is -1.86. The van der Waals surface area contributed by atoms with Gasteiger partial charge in [-0.15, -0.1) is 13.2 Å². The molecule has 0 heterocycles. The number of benzene rings is 1. The second kappa shape index (κ2) is 4.79. The highest BCUT2D eigenvalue weighted by atomic mass is 32.2. The van der Waals surface area contributed by atoms with Crippen molar-refractivity contribution in [3.8, 4) is 5.75 Å². The lowest BCUT2D eigenvalue weighted by molar-refractivity contribution is -0.275. The Balaban J connectivity index is 3.40. The van der Waals surface area contributed by atoms with Crippen molar-refractivity contribution in [1.29, 1.82) is 0 Å². The smallest absolute Gasteiger partial charge is 0.404 e. The van der Waals surface area contributed by atoms with Crippen molar-refractivity contribution in [2.24, 2.45) is 4.99 Å². The molecule has 0 amide bonds. The first kappa shape index (κ1) is 14.2. The molecule has 98 valence electrons. The van der Waals surface area contributed by atoms with Crippen LogP contribution < -0.4 is 4.74 Å². The molecule has 18 heavy (non-hydrogen) atoms. The van der Waals surface area contributed by atoms with Gasteiger partial charge in [-0.2, -0.15) is 4.99 Å². The predicted molar refractivity (Wildman–Crippen MR) is 54.0 cm³/mol. The molecule has 0 atom stereocenters. The Labute approximate surface area is 99.8 Å². The Morgan fingerprint density at radius 1 is 1.33 bits per heavy atom. The molecule has 1 aromatic carbocycles. The van der Waals surface area contributed by atoms with Crippen molar-refractivity contribution in [3.05, 3.63) is 18.2 Å². The van der Waals surface area contributed by atoms with E-state index < -0.39 is 26.8 Å². The Morgan fingerprint density at radius 2 is 1.94 bits per heavy atom. The first-order valence-corrected chi connectivity index (χ1v) is 6.20. The van der Waals surface area contributed by atoms with E-state index in [9.17, 15) is 26.4 Å². The molecule has 9 heteroatoms. The van der Waals surface area contributed by atoms with Crippen LogP contribution in [-0.4, -0.2) is 27.1 Å². The molecular formula is C9H6F3NO4S. The summed E-state index contributed by atoms with van der Waals surface area (Å²) in [6.45, 7) is 0. The molecular weight excluding hydrogens is 275 g/mol. The molecule has 1 aromatic rings. The Bertz CT molecular complexity index is 603. The van der Waals surface area contributed by atoms with E-state index in [1.807, 2.05) is 0 Å². The fourth-order valence-electron chi connectivity index (χ4n) is 1.13. The molecule has 0 saturated carbocycles. The first-order valence-electron chi connectivity index (χ1n) is 4.31. The van der Waals surface area contributed by atoms with E-state index in [4.69, 9.17) is 0 Å².